The molecule has 0 heterocycles. The monoisotopic (exact) mass is 158 g/mol. The first-order chi connectivity index (χ1) is 4.34. The summed E-state index contributed by atoms with van der Waals surface area (Å²) in [5, 5.41) is 0.757. The topological polar surface area (TPSA) is 0 Å². The molecule has 1 rings (SSSR count). The normalized spacial score (nSPS) is 8.10. The van der Waals surface area contributed by atoms with E-state index in [0.29, 0.717) is 0 Å². The molecular formula is C8H8ClF. The Hall–Kier alpha value is -0.820. The number of halogens is 2. The molecule has 0 saturated carbocycles. The molecule has 0 aliphatic rings. The SMILES string of the molecule is C=Cc1ccccc1Cl.F. The second-order valence-corrected chi connectivity index (χ2v) is 2.13. The number of hydrogen-bond donors (Lipinski definition) is 0. The predicted molar refractivity (Wildman–Crippen MR) is 44.0 cm³/mol. The molecule has 54 valence electrons. The van der Waals surface area contributed by atoms with Crippen LogP contribution in [0.4, 0.5) is 4.70 Å². The van der Waals surface area contributed by atoms with Gasteiger partial charge in [-0.05, 0) is 11.6 Å². The van der Waals surface area contributed by atoms with E-state index in [0.717, 1.165) is 10.6 Å². The Morgan fingerprint density at radius 1 is 1.30 bits per heavy atom. The highest BCUT2D eigenvalue weighted by atomic mass is 35.5. The van der Waals surface area contributed by atoms with Gasteiger partial charge in [-0.2, -0.15) is 0 Å². The minimum atomic E-state index is 0. The number of benzene rings is 1. The van der Waals surface area contributed by atoms with Crippen LogP contribution < -0.4 is 0 Å². The Morgan fingerprint density at radius 2 is 1.90 bits per heavy atom. The Labute approximate surface area is 64.5 Å². The van der Waals surface area contributed by atoms with Crippen molar-refractivity contribution in [1.29, 1.82) is 0 Å². The fourth-order valence-electron chi connectivity index (χ4n) is 0.641. The summed E-state index contributed by atoms with van der Waals surface area (Å²) in [5.74, 6) is 0. The average molecular weight is 159 g/mol. The zero-order valence-electron chi connectivity index (χ0n) is 5.38. The summed E-state index contributed by atoms with van der Waals surface area (Å²) in [6.45, 7) is 3.61. The summed E-state index contributed by atoms with van der Waals surface area (Å²) in [4.78, 5) is 0. The van der Waals surface area contributed by atoms with E-state index in [2.05, 4.69) is 6.58 Å². The van der Waals surface area contributed by atoms with Gasteiger partial charge in [0.15, 0.2) is 0 Å². The summed E-state index contributed by atoms with van der Waals surface area (Å²) in [6, 6.07) is 7.60. The highest BCUT2D eigenvalue weighted by Crippen LogP contribution is 2.14. The Balaban J connectivity index is 0.000000810. The van der Waals surface area contributed by atoms with Crippen LogP contribution in [0.3, 0.4) is 0 Å². The lowest BCUT2D eigenvalue weighted by Crippen LogP contribution is -1.69. The van der Waals surface area contributed by atoms with Gasteiger partial charge in [0, 0.05) is 5.02 Å². The molecule has 2 heteroatoms. The van der Waals surface area contributed by atoms with E-state index in [1.54, 1.807) is 6.08 Å². The van der Waals surface area contributed by atoms with Gasteiger partial charge in [-0.25, -0.2) is 0 Å². The maximum Gasteiger partial charge on any atom is 0.0478 e. The quantitative estimate of drug-likeness (QED) is 0.589. The van der Waals surface area contributed by atoms with Gasteiger partial charge in [0.25, 0.3) is 0 Å². The average Bonchev–Trinajstić information content (AvgIpc) is 1.89. The smallest absolute Gasteiger partial charge is 0.0478 e. The molecule has 0 unspecified atom stereocenters. The standard InChI is InChI=1S/C8H7Cl.FH/c1-2-7-5-3-4-6-8(7)9;/h2-6H,1H2;1H. The molecule has 0 bridgehead atoms. The second kappa shape index (κ2) is 4.07. The van der Waals surface area contributed by atoms with Crippen LogP contribution in [0.5, 0.6) is 0 Å². The van der Waals surface area contributed by atoms with Gasteiger partial charge >= 0.3 is 0 Å². The van der Waals surface area contributed by atoms with Gasteiger partial charge in [0.05, 0.1) is 0 Å². The van der Waals surface area contributed by atoms with Crippen LogP contribution in [0, 0.1) is 0 Å². The van der Waals surface area contributed by atoms with Crippen molar-refractivity contribution in [3.8, 4) is 0 Å². The van der Waals surface area contributed by atoms with Gasteiger partial charge in [-0.1, -0.05) is 42.5 Å². The van der Waals surface area contributed by atoms with Crippen LogP contribution in [0.25, 0.3) is 6.08 Å². The molecule has 0 aromatic heterocycles. The van der Waals surface area contributed by atoms with Gasteiger partial charge < -0.3 is 0 Å². The van der Waals surface area contributed by atoms with Crippen molar-refractivity contribution < 1.29 is 4.70 Å². The fraction of sp³-hybridized carbons (Fsp3) is 0. The minimum absolute atomic E-state index is 0. The molecule has 0 aliphatic heterocycles. The third-order valence-electron chi connectivity index (χ3n) is 1.13. The van der Waals surface area contributed by atoms with Crippen molar-refractivity contribution in [2.75, 3.05) is 0 Å². The van der Waals surface area contributed by atoms with E-state index >= 15 is 0 Å². The van der Waals surface area contributed by atoms with Crippen molar-refractivity contribution in [1.82, 2.24) is 0 Å². The summed E-state index contributed by atoms with van der Waals surface area (Å²) >= 11 is 5.75. The van der Waals surface area contributed by atoms with Crippen LogP contribution in [0.1, 0.15) is 5.56 Å². The largest absolute Gasteiger partial charge is 0.269 e. The van der Waals surface area contributed by atoms with E-state index in [-0.39, 0.29) is 4.70 Å². The van der Waals surface area contributed by atoms with Crippen molar-refractivity contribution >= 4 is 17.7 Å². The van der Waals surface area contributed by atoms with Gasteiger partial charge in [0.2, 0.25) is 0 Å². The van der Waals surface area contributed by atoms with Crippen molar-refractivity contribution in [3.05, 3.63) is 41.4 Å². The molecule has 10 heavy (non-hydrogen) atoms. The maximum absolute atomic E-state index is 5.75. The number of rotatable bonds is 1. The first-order valence-corrected chi connectivity index (χ1v) is 3.09. The molecule has 0 saturated heterocycles. The molecule has 1 aromatic rings. The fourth-order valence-corrected chi connectivity index (χ4v) is 0.854. The van der Waals surface area contributed by atoms with E-state index in [1.165, 1.54) is 0 Å². The minimum Gasteiger partial charge on any atom is -0.269 e. The molecule has 0 spiro atoms. The van der Waals surface area contributed by atoms with Crippen LogP contribution in [-0.4, -0.2) is 0 Å². The lowest BCUT2D eigenvalue weighted by atomic mass is 10.2. The zero-order chi connectivity index (χ0) is 6.69. The van der Waals surface area contributed by atoms with Crippen LogP contribution in [0.2, 0.25) is 5.02 Å². The molecule has 0 radical (unpaired) electrons. The van der Waals surface area contributed by atoms with Crippen molar-refractivity contribution in [2.45, 2.75) is 0 Å². The maximum atomic E-state index is 5.75. The lowest BCUT2D eigenvalue weighted by molar-refractivity contribution is 1.11. The van der Waals surface area contributed by atoms with E-state index in [9.17, 15) is 0 Å². The molecule has 1 aromatic carbocycles. The van der Waals surface area contributed by atoms with Crippen molar-refractivity contribution in [2.24, 2.45) is 0 Å². The third kappa shape index (κ3) is 1.85. The first kappa shape index (κ1) is 9.18. The van der Waals surface area contributed by atoms with Crippen LogP contribution in [0.15, 0.2) is 30.8 Å². The van der Waals surface area contributed by atoms with E-state index in [4.69, 9.17) is 11.6 Å². The lowest BCUT2D eigenvalue weighted by Gasteiger charge is -1.92. The Morgan fingerprint density at radius 3 is 2.30 bits per heavy atom. The number of hydrogen-bond acceptors (Lipinski definition) is 0. The Kier molecular flexibility index (Phi) is 3.74. The second-order valence-electron chi connectivity index (χ2n) is 1.73. The molecular weight excluding hydrogens is 151 g/mol. The summed E-state index contributed by atoms with van der Waals surface area (Å²) in [5.41, 5.74) is 0.985. The third-order valence-corrected chi connectivity index (χ3v) is 1.47. The highest BCUT2D eigenvalue weighted by molar-refractivity contribution is 6.32. The zero-order valence-corrected chi connectivity index (χ0v) is 6.14. The van der Waals surface area contributed by atoms with Crippen LogP contribution >= 0.6 is 11.6 Å². The molecule has 0 amide bonds. The van der Waals surface area contributed by atoms with Gasteiger partial charge in [-0.3, -0.25) is 4.70 Å². The molecule has 0 atom stereocenters. The van der Waals surface area contributed by atoms with Crippen LogP contribution in [-0.2, 0) is 0 Å². The van der Waals surface area contributed by atoms with E-state index in [1.807, 2.05) is 24.3 Å². The Bertz CT molecular complexity index is 220. The highest BCUT2D eigenvalue weighted by Gasteiger charge is 1.89. The first-order valence-electron chi connectivity index (χ1n) is 2.71. The molecule has 0 N–H and O–H groups in total. The predicted octanol–water partition coefficient (Wildman–Crippen LogP) is 3.14. The summed E-state index contributed by atoms with van der Waals surface area (Å²) < 4.78 is 0. The van der Waals surface area contributed by atoms with Gasteiger partial charge in [-0.15, -0.1) is 0 Å². The molecule has 0 aliphatic carbocycles. The molecule has 0 nitrogen and oxygen atoms in total. The summed E-state index contributed by atoms with van der Waals surface area (Å²) in [6.07, 6.45) is 1.74. The molecule has 0 fully saturated rings. The van der Waals surface area contributed by atoms with E-state index < -0.39 is 0 Å². The summed E-state index contributed by atoms with van der Waals surface area (Å²) in [7, 11) is 0. The van der Waals surface area contributed by atoms with Crippen molar-refractivity contribution in [3.63, 3.8) is 0 Å². The van der Waals surface area contributed by atoms with Gasteiger partial charge in [0.1, 0.15) is 0 Å².